The van der Waals surface area contributed by atoms with Crippen LogP contribution in [0, 0.1) is 5.92 Å². The van der Waals surface area contributed by atoms with Crippen LogP contribution in [0.5, 0.6) is 0 Å². The molecule has 3 nitrogen and oxygen atoms in total. The van der Waals surface area contributed by atoms with E-state index in [1.54, 1.807) is 0 Å². The topological polar surface area (TPSA) is 28.2 Å². The third kappa shape index (κ3) is 3.79. The van der Waals surface area contributed by atoms with Crippen molar-refractivity contribution < 1.29 is 0 Å². The van der Waals surface area contributed by atoms with Gasteiger partial charge in [0.25, 0.3) is 0 Å². The van der Waals surface area contributed by atoms with Crippen molar-refractivity contribution in [2.45, 2.75) is 39.3 Å². The molecule has 0 aliphatic carbocycles. The first kappa shape index (κ1) is 13.5. The highest BCUT2D eigenvalue weighted by Gasteiger charge is 2.23. The molecule has 100 valence electrons. The van der Waals surface area contributed by atoms with Crippen LogP contribution in [0.3, 0.4) is 0 Å². The van der Waals surface area contributed by atoms with Crippen LogP contribution in [-0.4, -0.2) is 35.6 Å². The van der Waals surface area contributed by atoms with Crippen molar-refractivity contribution in [1.29, 1.82) is 0 Å². The van der Waals surface area contributed by atoms with Crippen LogP contribution in [0.1, 0.15) is 32.4 Å². The maximum Gasteiger partial charge on any atom is 0.0541 e. The molecule has 1 N–H and O–H groups in total. The molecule has 1 aromatic heterocycles. The Bertz CT molecular complexity index is 339. The summed E-state index contributed by atoms with van der Waals surface area (Å²) in [5.41, 5.74) is 1.13. The minimum absolute atomic E-state index is 0.571. The quantitative estimate of drug-likeness (QED) is 0.865. The molecule has 1 aliphatic heterocycles. The predicted octanol–water partition coefficient (Wildman–Crippen LogP) is 2.29. The van der Waals surface area contributed by atoms with Gasteiger partial charge in [-0.2, -0.15) is 0 Å². The van der Waals surface area contributed by atoms with Gasteiger partial charge >= 0.3 is 0 Å². The van der Waals surface area contributed by atoms with Gasteiger partial charge in [0, 0.05) is 25.3 Å². The number of pyridine rings is 1. The van der Waals surface area contributed by atoms with Gasteiger partial charge in [0.15, 0.2) is 0 Å². The van der Waals surface area contributed by atoms with Crippen molar-refractivity contribution in [3.8, 4) is 0 Å². The zero-order valence-corrected chi connectivity index (χ0v) is 11.6. The van der Waals surface area contributed by atoms with E-state index in [9.17, 15) is 0 Å². The van der Waals surface area contributed by atoms with Crippen LogP contribution < -0.4 is 5.32 Å². The Morgan fingerprint density at radius 3 is 3.11 bits per heavy atom. The third-order valence-corrected chi connectivity index (χ3v) is 4.03. The Kier molecular flexibility index (Phi) is 5.14. The van der Waals surface area contributed by atoms with Crippen LogP contribution in [0.2, 0.25) is 0 Å². The lowest BCUT2D eigenvalue weighted by atomic mass is 9.91. The molecule has 0 aromatic carbocycles. The summed E-state index contributed by atoms with van der Waals surface area (Å²) in [6.07, 6.45) is 4.56. The first-order chi connectivity index (χ1) is 8.79. The average molecular weight is 247 g/mol. The summed E-state index contributed by atoms with van der Waals surface area (Å²) in [4.78, 5) is 6.92. The third-order valence-electron chi connectivity index (χ3n) is 4.03. The van der Waals surface area contributed by atoms with Gasteiger partial charge in [0.05, 0.1) is 5.69 Å². The first-order valence-electron chi connectivity index (χ1n) is 7.15. The van der Waals surface area contributed by atoms with E-state index in [0.29, 0.717) is 6.04 Å². The lowest BCUT2D eigenvalue weighted by Gasteiger charge is -2.35. The number of hydrogen-bond acceptors (Lipinski definition) is 3. The molecule has 2 atom stereocenters. The number of aromatic nitrogens is 1. The van der Waals surface area contributed by atoms with Crippen molar-refractivity contribution in [2.75, 3.05) is 19.6 Å². The summed E-state index contributed by atoms with van der Waals surface area (Å²) >= 11 is 0. The van der Waals surface area contributed by atoms with Gasteiger partial charge in [-0.3, -0.25) is 4.98 Å². The minimum Gasteiger partial charge on any atom is -0.308 e. The summed E-state index contributed by atoms with van der Waals surface area (Å²) in [6.45, 7) is 9.15. The molecule has 1 aliphatic rings. The highest BCUT2D eigenvalue weighted by atomic mass is 15.1. The molecular weight excluding hydrogens is 222 g/mol. The zero-order valence-electron chi connectivity index (χ0n) is 11.6. The second-order valence-electron chi connectivity index (χ2n) is 5.29. The summed E-state index contributed by atoms with van der Waals surface area (Å²) in [5.74, 6) is 0.780. The Morgan fingerprint density at radius 2 is 2.39 bits per heavy atom. The number of nitrogens with zero attached hydrogens (tertiary/aromatic N) is 2. The fourth-order valence-corrected chi connectivity index (χ4v) is 2.72. The zero-order chi connectivity index (χ0) is 12.8. The molecule has 0 bridgehead atoms. The maximum atomic E-state index is 4.35. The molecule has 2 heterocycles. The van der Waals surface area contributed by atoms with Crippen molar-refractivity contribution in [1.82, 2.24) is 15.2 Å². The molecule has 1 saturated heterocycles. The molecule has 1 aromatic rings. The van der Waals surface area contributed by atoms with Crippen molar-refractivity contribution in [3.05, 3.63) is 30.1 Å². The Hall–Kier alpha value is -0.930. The number of rotatable bonds is 5. The second-order valence-corrected chi connectivity index (χ2v) is 5.29. The van der Waals surface area contributed by atoms with E-state index >= 15 is 0 Å². The van der Waals surface area contributed by atoms with E-state index < -0.39 is 0 Å². The van der Waals surface area contributed by atoms with Crippen LogP contribution in [0.4, 0.5) is 0 Å². The maximum absolute atomic E-state index is 4.35. The number of nitrogens with one attached hydrogen (secondary N) is 1. The fraction of sp³-hybridized carbons (Fsp3) is 0.667. The van der Waals surface area contributed by atoms with E-state index in [1.165, 1.54) is 32.5 Å². The summed E-state index contributed by atoms with van der Waals surface area (Å²) in [7, 11) is 0. The number of hydrogen-bond donors (Lipinski definition) is 1. The first-order valence-corrected chi connectivity index (χ1v) is 7.15. The van der Waals surface area contributed by atoms with E-state index in [4.69, 9.17) is 0 Å². The molecule has 2 unspecified atom stereocenters. The lowest BCUT2D eigenvalue weighted by Crippen LogP contribution is -2.44. The van der Waals surface area contributed by atoms with Gasteiger partial charge < -0.3 is 10.2 Å². The van der Waals surface area contributed by atoms with Gasteiger partial charge in [-0.25, -0.2) is 0 Å². The van der Waals surface area contributed by atoms with Crippen molar-refractivity contribution in [3.63, 3.8) is 0 Å². The van der Waals surface area contributed by atoms with Crippen LogP contribution in [0.15, 0.2) is 24.4 Å². The molecule has 3 heteroatoms. The van der Waals surface area contributed by atoms with Gasteiger partial charge in [0.1, 0.15) is 0 Å². The van der Waals surface area contributed by atoms with Crippen LogP contribution in [0.25, 0.3) is 0 Å². The highest BCUT2D eigenvalue weighted by molar-refractivity contribution is 5.03. The lowest BCUT2D eigenvalue weighted by molar-refractivity contribution is 0.156. The fourth-order valence-electron chi connectivity index (χ4n) is 2.72. The SMILES string of the molecule is CCN1CCCC(C(C)NCc2ccccn2)C1. The Balaban J connectivity index is 1.79. The molecule has 18 heavy (non-hydrogen) atoms. The van der Waals surface area contributed by atoms with Crippen LogP contribution >= 0.6 is 0 Å². The van der Waals surface area contributed by atoms with E-state index in [1.807, 2.05) is 18.3 Å². The van der Waals surface area contributed by atoms with Crippen LogP contribution in [-0.2, 0) is 6.54 Å². The second kappa shape index (κ2) is 6.86. The average Bonchev–Trinajstić information content (AvgIpc) is 2.46. The number of likely N-dealkylation sites (tertiary alicyclic amines) is 1. The monoisotopic (exact) mass is 247 g/mol. The van der Waals surface area contributed by atoms with Crippen molar-refractivity contribution in [2.24, 2.45) is 5.92 Å². The van der Waals surface area contributed by atoms with Gasteiger partial charge in [0.2, 0.25) is 0 Å². The number of piperidine rings is 1. The normalized spacial score (nSPS) is 22.9. The standard InChI is InChI=1S/C15H25N3/c1-3-18-10-6-7-14(12-18)13(2)17-11-15-8-4-5-9-16-15/h4-5,8-9,13-14,17H,3,6-7,10-12H2,1-2H3. The molecule has 0 spiro atoms. The molecule has 0 radical (unpaired) electrons. The molecule has 0 saturated carbocycles. The smallest absolute Gasteiger partial charge is 0.0541 e. The van der Waals surface area contributed by atoms with E-state index in [2.05, 4.69) is 35.1 Å². The summed E-state index contributed by atoms with van der Waals surface area (Å²) in [5, 5.41) is 3.62. The van der Waals surface area contributed by atoms with Gasteiger partial charge in [-0.1, -0.05) is 13.0 Å². The Morgan fingerprint density at radius 1 is 1.50 bits per heavy atom. The van der Waals surface area contributed by atoms with Crippen molar-refractivity contribution >= 4 is 0 Å². The molecule has 2 rings (SSSR count). The summed E-state index contributed by atoms with van der Waals surface area (Å²) < 4.78 is 0. The van der Waals surface area contributed by atoms with Gasteiger partial charge in [-0.15, -0.1) is 0 Å². The molecular formula is C15H25N3. The predicted molar refractivity (Wildman–Crippen MR) is 75.4 cm³/mol. The largest absolute Gasteiger partial charge is 0.308 e. The summed E-state index contributed by atoms with van der Waals surface area (Å²) in [6, 6.07) is 6.67. The highest BCUT2D eigenvalue weighted by Crippen LogP contribution is 2.19. The van der Waals surface area contributed by atoms with Gasteiger partial charge in [-0.05, 0) is 50.9 Å². The van der Waals surface area contributed by atoms with E-state index in [0.717, 1.165) is 18.2 Å². The molecule has 0 amide bonds. The van der Waals surface area contributed by atoms with E-state index in [-0.39, 0.29) is 0 Å². The molecule has 1 fully saturated rings. The minimum atomic E-state index is 0.571. The Labute approximate surface area is 111 Å².